The largest absolute Gasteiger partial charge is 0.484 e. The van der Waals surface area contributed by atoms with Gasteiger partial charge in [-0.25, -0.2) is 4.39 Å². The van der Waals surface area contributed by atoms with E-state index in [0.717, 1.165) is 0 Å². The summed E-state index contributed by atoms with van der Waals surface area (Å²) in [6.07, 6.45) is -1.67. The van der Waals surface area contributed by atoms with Gasteiger partial charge in [-0.1, -0.05) is 0 Å². The maximum atomic E-state index is 12.9. The molecule has 0 aromatic heterocycles. The van der Waals surface area contributed by atoms with Crippen LogP contribution in [0.4, 0.5) is 4.39 Å². The lowest BCUT2D eigenvalue weighted by atomic mass is 9.95. The summed E-state index contributed by atoms with van der Waals surface area (Å²) < 4.78 is 18.2. The molecule has 0 amide bonds. The van der Waals surface area contributed by atoms with Crippen molar-refractivity contribution in [2.75, 3.05) is 0 Å². The van der Waals surface area contributed by atoms with Crippen molar-refractivity contribution in [1.29, 1.82) is 0 Å². The molecule has 1 aliphatic heterocycles. The van der Waals surface area contributed by atoms with Crippen LogP contribution in [0, 0.1) is 5.82 Å². The number of benzene rings is 1. The second kappa shape index (κ2) is 3.18. The Kier molecular flexibility index (Phi) is 2.20. The molecule has 82 valence electrons. The molecule has 1 aromatic rings. The van der Waals surface area contributed by atoms with Gasteiger partial charge in [0.25, 0.3) is 0 Å². The van der Waals surface area contributed by atoms with Crippen LogP contribution in [0.1, 0.15) is 25.5 Å². The molecule has 0 saturated heterocycles. The van der Waals surface area contributed by atoms with Gasteiger partial charge in [0.05, 0.1) is 5.60 Å². The predicted octanol–water partition coefficient (Wildman–Crippen LogP) is 1.39. The summed E-state index contributed by atoms with van der Waals surface area (Å²) in [5.74, 6) is -0.119. The van der Waals surface area contributed by atoms with Crippen LogP contribution in [0.25, 0.3) is 0 Å². The summed E-state index contributed by atoms with van der Waals surface area (Å²) >= 11 is 0. The lowest BCUT2D eigenvalue weighted by Crippen LogP contribution is -2.41. The topological polar surface area (TPSA) is 49.7 Å². The number of fused-ring (bicyclic) bond motifs is 1. The van der Waals surface area contributed by atoms with Gasteiger partial charge in [0.2, 0.25) is 0 Å². The zero-order valence-corrected chi connectivity index (χ0v) is 8.57. The van der Waals surface area contributed by atoms with Crippen LogP contribution in [-0.2, 0) is 0 Å². The Labute approximate surface area is 87.1 Å². The van der Waals surface area contributed by atoms with Crippen molar-refractivity contribution in [1.82, 2.24) is 0 Å². The van der Waals surface area contributed by atoms with Crippen molar-refractivity contribution in [3.8, 4) is 5.75 Å². The van der Waals surface area contributed by atoms with E-state index in [1.54, 1.807) is 13.8 Å². The van der Waals surface area contributed by atoms with Crippen molar-refractivity contribution < 1.29 is 19.3 Å². The molecule has 0 spiro atoms. The van der Waals surface area contributed by atoms with Gasteiger partial charge in [-0.3, -0.25) is 0 Å². The van der Waals surface area contributed by atoms with E-state index < -0.39 is 23.6 Å². The second-order valence-electron chi connectivity index (χ2n) is 4.32. The third-order valence-corrected chi connectivity index (χ3v) is 2.53. The third-order valence-electron chi connectivity index (χ3n) is 2.53. The van der Waals surface area contributed by atoms with E-state index >= 15 is 0 Å². The Morgan fingerprint density at radius 2 is 2.07 bits per heavy atom. The number of hydrogen-bond acceptors (Lipinski definition) is 3. The van der Waals surface area contributed by atoms with Crippen LogP contribution < -0.4 is 4.74 Å². The van der Waals surface area contributed by atoms with Gasteiger partial charge in [-0.05, 0) is 26.0 Å². The number of rotatable bonds is 1. The zero-order chi connectivity index (χ0) is 11.2. The predicted molar refractivity (Wildman–Crippen MR) is 52.1 cm³/mol. The van der Waals surface area contributed by atoms with Crippen LogP contribution in [0.3, 0.4) is 0 Å². The zero-order valence-electron chi connectivity index (χ0n) is 8.57. The number of halogens is 1. The van der Waals surface area contributed by atoms with Crippen LogP contribution in [0.2, 0.25) is 0 Å². The second-order valence-corrected chi connectivity index (χ2v) is 4.32. The molecule has 15 heavy (non-hydrogen) atoms. The number of aliphatic hydroxyl groups is 2. The van der Waals surface area contributed by atoms with Gasteiger partial charge in [0.15, 0.2) is 6.10 Å². The molecule has 1 aliphatic rings. The molecule has 0 saturated carbocycles. The van der Waals surface area contributed by atoms with E-state index in [9.17, 15) is 14.6 Å². The third kappa shape index (κ3) is 1.70. The number of aliphatic hydroxyl groups excluding tert-OH is 1. The summed E-state index contributed by atoms with van der Waals surface area (Å²) in [4.78, 5) is 0. The monoisotopic (exact) mass is 212 g/mol. The first-order valence-corrected chi connectivity index (χ1v) is 4.76. The van der Waals surface area contributed by atoms with Crippen LogP contribution >= 0.6 is 0 Å². The highest BCUT2D eigenvalue weighted by atomic mass is 19.1. The first kappa shape index (κ1) is 10.4. The van der Waals surface area contributed by atoms with E-state index in [4.69, 9.17) is 4.74 Å². The highest BCUT2D eigenvalue weighted by molar-refractivity contribution is 5.40. The fraction of sp³-hybridized carbons (Fsp3) is 0.455. The minimum atomic E-state index is -1.17. The maximum Gasteiger partial charge on any atom is 0.157 e. The molecule has 1 heterocycles. The number of ether oxygens (including phenoxy) is 1. The SMILES string of the molecule is CC(C)(O)[C@@H]1Oc2cc(F)ccc2[C@@H]1O. The normalized spacial score (nSPS) is 24.9. The summed E-state index contributed by atoms with van der Waals surface area (Å²) in [5.41, 5.74) is -0.655. The maximum absolute atomic E-state index is 12.9. The molecule has 0 fully saturated rings. The fourth-order valence-corrected chi connectivity index (χ4v) is 1.75. The lowest BCUT2D eigenvalue weighted by Gasteiger charge is -2.27. The van der Waals surface area contributed by atoms with E-state index in [1.807, 2.05) is 0 Å². The van der Waals surface area contributed by atoms with Gasteiger partial charge in [-0.2, -0.15) is 0 Å². The van der Waals surface area contributed by atoms with E-state index in [0.29, 0.717) is 11.3 Å². The highest BCUT2D eigenvalue weighted by Crippen LogP contribution is 2.40. The quantitative estimate of drug-likeness (QED) is 0.739. The van der Waals surface area contributed by atoms with Crippen molar-refractivity contribution in [3.63, 3.8) is 0 Å². The van der Waals surface area contributed by atoms with Gasteiger partial charge < -0.3 is 14.9 Å². The Bertz CT molecular complexity index is 384. The van der Waals surface area contributed by atoms with Crippen molar-refractivity contribution >= 4 is 0 Å². The van der Waals surface area contributed by atoms with Crippen molar-refractivity contribution in [2.45, 2.75) is 31.7 Å². The van der Waals surface area contributed by atoms with Crippen molar-refractivity contribution in [2.24, 2.45) is 0 Å². The van der Waals surface area contributed by atoms with Gasteiger partial charge in [-0.15, -0.1) is 0 Å². The van der Waals surface area contributed by atoms with Crippen molar-refractivity contribution in [3.05, 3.63) is 29.6 Å². The first-order chi connectivity index (χ1) is 6.89. The Hall–Kier alpha value is -1.13. The Morgan fingerprint density at radius 1 is 1.40 bits per heavy atom. The molecule has 0 unspecified atom stereocenters. The van der Waals surface area contributed by atoms with E-state index in [-0.39, 0.29) is 0 Å². The molecule has 0 aliphatic carbocycles. The van der Waals surface area contributed by atoms with E-state index in [1.165, 1.54) is 18.2 Å². The molecule has 2 rings (SSSR count). The molecule has 2 atom stereocenters. The number of hydrogen-bond donors (Lipinski definition) is 2. The van der Waals surface area contributed by atoms with Gasteiger partial charge >= 0.3 is 0 Å². The van der Waals surface area contributed by atoms with E-state index in [2.05, 4.69) is 0 Å². The summed E-state index contributed by atoms with van der Waals surface area (Å²) in [5, 5.41) is 19.6. The lowest BCUT2D eigenvalue weighted by molar-refractivity contribution is -0.0763. The van der Waals surface area contributed by atoms with Crippen LogP contribution in [0.15, 0.2) is 18.2 Å². The minimum absolute atomic E-state index is 0.301. The van der Waals surface area contributed by atoms with Gasteiger partial charge in [0.1, 0.15) is 17.7 Å². The first-order valence-electron chi connectivity index (χ1n) is 4.76. The molecule has 0 bridgehead atoms. The molecule has 1 aromatic carbocycles. The summed E-state index contributed by atoms with van der Waals surface area (Å²) in [7, 11) is 0. The fourth-order valence-electron chi connectivity index (χ4n) is 1.75. The minimum Gasteiger partial charge on any atom is -0.484 e. The molecule has 4 heteroatoms. The molecule has 3 nitrogen and oxygen atoms in total. The van der Waals surface area contributed by atoms with Gasteiger partial charge in [0, 0.05) is 11.6 Å². The smallest absolute Gasteiger partial charge is 0.157 e. The highest BCUT2D eigenvalue weighted by Gasteiger charge is 2.42. The summed E-state index contributed by atoms with van der Waals surface area (Å²) in [6.45, 7) is 3.09. The van der Waals surface area contributed by atoms with Crippen LogP contribution in [0.5, 0.6) is 5.75 Å². The molecule has 0 radical (unpaired) electrons. The summed E-state index contributed by atoms with van der Waals surface area (Å²) in [6, 6.07) is 3.95. The Balaban J connectivity index is 2.37. The molecular weight excluding hydrogens is 199 g/mol. The molecular formula is C11H13FO3. The van der Waals surface area contributed by atoms with Crippen LogP contribution in [-0.4, -0.2) is 21.9 Å². The molecule has 2 N–H and O–H groups in total. The Morgan fingerprint density at radius 3 is 2.67 bits per heavy atom. The average molecular weight is 212 g/mol. The average Bonchev–Trinajstić information content (AvgIpc) is 2.42. The standard InChI is InChI=1S/C11H13FO3/c1-11(2,14)10-9(13)7-4-3-6(12)5-8(7)15-10/h3-5,9-10,13-14H,1-2H3/t9-,10+/m0/s1.